The molecule has 1 saturated carbocycles. The van der Waals surface area contributed by atoms with Gasteiger partial charge in [0.2, 0.25) is 0 Å². The lowest BCUT2D eigenvalue weighted by Crippen LogP contribution is -1.92. The highest BCUT2D eigenvalue weighted by molar-refractivity contribution is 9.09. The van der Waals surface area contributed by atoms with Crippen LogP contribution in [-0.4, -0.2) is 5.33 Å². The molecule has 1 fully saturated rings. The summed E-state index contributed by atoms with van der Waals surface area (Å²) in [6.45, 7) is 0. The number of alkyl halides is 1. The maximum atomic E-state index is 3.48. The first-order chi connectivity index (χ1) is 7.43. The average molecular weight is 275 g/mol. The van der Waals surface area contributed by atoms with Crippen molar-refractivity contribution in [1.82, 2.24) is 0 Å². The largest absolute Gasteiger partial charge is 0.0928 e. The molecule has 1 rings (SSSR count). The second-order valence-electron chi connectivity index (χ2n) is 5.10. The van der Waals surface area contributed by atoms with E-state index in [1.807, 2.05) is 0 Å². The summed E-state index contributed by atoms with van der Waals surface area (Å²) in [7, 11) is 0. The average Bonchev–Trinajstić information content (AvgIpc) is 2.75. The highest BCUT2D eigenvalue weighted by Crippen LogP contribution is 2.29. The zero-order valence-corrected chi connectivity index (χ0v) is 11.7. The molecule has 0 saturated heterocycles. The van der Waals surface area contributed by atoms with Gasteiger partial charge < -0.3 is 0 Å². The molecule has 0 atom stereocenters. The van der Waals surface area contributed by atoms with E-state index in [-0.39, 0.29) is 0 Å². The molecular formula is C14H27Br. The van der Waals surface area contributed by atoms with E-state index in [2.05, 4.69) is 15.9 Å². The monoisotopic (exact) mass is 274 g/mol. The third kappa shape index (κ3) is 7.38. The first kappa shape index (κ1) is 13.5. The van der Waals surface area contributed by atoms with Gasteiger partial charge in [0.05, 0.1) is 0 Å². The molecule has 15 heavy (non-hydrogen) atoms. The van der Waals surface area contributed by atoms with Gasteiger partial charge in [-0.15, -0.1) is 0 Å². The van der Waals surface area contributed by atoms with Crippen molar-refractivity contribution in [3.63, 3.8) is 0 Å². The quantitative estimate of drug-likeness (QED) is 0.374. The van der Waals surface area contributed by atoms with Crippen molar-refractivity contribution < 1.29 is 0 Å². The Balaban J connectivity index is 1.73. The third-order valence-electron chi connectivity index (χ3n) is 3.72. The minimum atomic E-state index is 1.11. The van der Waals surface area contributed by atoms with Crippen LogP contribution in [0.2, 0.25) is 0 Å². The molecule has 1 aliphatic rings. The number of unbranched alkanes of at least 4 members (excludes halogenated alkanes) is 6. The first-order valence-corrected chi connectivity index (χ1v) is 8.11. The van der Waals surface area contributed by atoms with E-state index >= 15 is 0 Å². The third-order valence-corrected chi connectivity index (χ3v) is 4.28. The maximum Gasteiger partial charge on any atom is 0.00313 e. The Labute approximate surface area is 104 Å². The molecule has 0 aliphatic heterocycles. The molecule has 0 nitrogen and oxygen atoms in total. The second kappa shape index (κ2) is 9.69. The predicted molar refractivity (Wildman–Crippen MR) is 72.7 cm³/mol. The van der Waals surface area contributed by atoms with Crippen LogP contribution in [0.15, 0.2) is 0 Å². The Hall–Kier alpha value is 0.480. The SMILES string of the molecule is BrCCCCCCCCCC1CCCC1. The summed E-state index contributed by atoms with van der Waals surface area (Å²) in [6, 6.07) is 0. The highest BCUT2D eigenvalue weighted by Gasteiger charge is 2.13. The van der Waals surface area contributed by atoms with Gasteiger partial charge in [-0.05, 0) is 12.3 Å². The topological polar surface area (TPSA) is 0 Å². The van der Waals surface area contributed by atoms with Crippen LogP contribution in [0.1, 0.15) is 77.0 Å². The van der Waals surface area contributed by atoms with Crippen molar-refractivity contribution >= 4 is 15.9 Å². The summed E-state index contributed by atoms with van der Waals surface area (Å²) in [5.41, 5.74) is 0. The predicted octanol–water partition coefficient (Wildman–Crippen LogP) is 5.69. The van der Waals surface area contributed by atoms with Gasteiger partial charge in [0, 0.05) is 5.33 Å². The Bertz CT molecular complexity index is 127. The van der Waals surface area contributed by atoms with Crippen LogP contribution >= 0.6 is 15.9 Å². The molecule has 0 unspecified atom stereocenters. The second-order valence-corrected chi connectivity index (χ2v) is 5.90. The lowest BCUT2D eigenvalue weighted by atomic mass is 9.99. The summed E-state index contributed by atoms with van der Waals surface area (Å²) >= 11 is 3.48. The number of hydrogen-bond acceptors (Lipinski definition) is 0. The molecule has 0 radical (unpaired) electrons. The molecule has 90 valence electrons. The Kier molecular flexibility index (Phi) is 8.75. The molecular weight excluding hydrogens is 248 g/mol. The standard InChI is InChI=1S/C14H27Br/c15-13-9-5-3-1-2-4-6-10-14-11-7-8-12-14/h14H,1-13H2. The molecule has 0 bridgehead atoms. The van der Waals surface area contributed by atoms with Crippen molar-refractivity contribution in [2.24, 2.45) is 5.92 Å². The van der Waals surface area contributed by atoms with Crippen molar-refractivity contribution in [2.45, 2.75) is 77.0 Å². The zero-order valence-electron chi connectivity index (χ0n) is 10.1. The van der Waals surface area contributed by atoms with Gasteiger partial charge in [-0.1, -0.05) is 86.6 Å². The molecule has 0 spiro atoms. The summed E-state index contributed by atoms with van der Waals surface area (Å²) in [5.74, 6) is 1.11. The first-order valence-electron chi connectivity index (χ1n) is 6.99. The normalized spacial score (nSPS) is 17.4. The fourth-order valence-corrected chi connectivity index (χ4v) is 3.11. The lowest BCUT2D eigenvalue weighted by molar-refractivity contribution is 0.461. The van der Waals surface area contributed by atoms with E-state index in [0.717, 1.165) is 5.92 Å². The van der Waals surface area contributed by atoms with Crippen LogP contribution in [0.5, 0.6) is 0 Å². The van der Waals surface area contributed by atoms with Gasteiger partial charge in [0.1, 0.15) is 0 Å². The molecule has 1 heteroatoms. The van der Waals surface area contributed by atoms with Gasteiger partial charge in [0.25, 0.3) is 0 Å². The number of rotatable bonds is 9. The molecule has 0 N–H and O–H groups in total. The van der Waals surface area contributed by atoms with Crippen LogP contribution < -0.4 is 0 Å². The van der Waals surface area contributed by atoms with Gasteiger partial charge in [-0.25, -0.2) is 0 Å². The summed E-state index contributed by atoms with van der Waals surface area (Å²) in [6.07, 6.45) is 17.8. The van der Waals surface area contributed by atoms with Crippen LogP contribution in [0.3, 0.4) is 0 Å². The highest BCUT2D eigenvalue weighted by atomic mass is 79.9. The smallest absolute Gasteiger partial charge is 0.00313 e. The minimum Gasteiger partial charge on any atom is -0.0928 e. The van der Waals surface area contributed by atoms with Crippen LogP contribution in [-0.2, 0) is 0 Å². The molecule has 0 aromatic rings. The summed E-state index contributed by atoms with van der Waals surface area (Å²) < 4.78 is 0. The van der Waals surface area contributed by atoms with Crippen molar-refractivity contribution in [3.05, 3.63) is 0 Å². The molecule has 0 aromatic carbocycles. The van der Waals surface area contributed by atoms with E-state index in [1.54, 1.807) is 0 Å². The Morgan fingerprint density at radius 2 is 1.27 bits per heavy atom. The van der Waals surface area contributed by atoms with Crippen LogP contribution in [0, 0.1) is 5.92 Å². The maximum absolute atomic E-state index is 3.48. The molecule has 1 aliphatic carbocycles. The summed E-state index contributed by atoms with van der Waals surface area (Å²) in [5, 5.41) is 1.19. The van der Waals surface area contributed by atoms with Crippen LogP contribution in [0.25, 0.3) is 0 Å². The number of halogens is 1. The van der Waals surface area contributed by atoms with E-state index in [9.17, 15) is 0 Å². The van der Waals surface area contributed by atoms with E-state index in [4.69, 9.17) is 0 Å². The minimum absolute atomic E-state index is 1.11. The van der Waals surface area contributed by atoms with Crippen molar-refractivity contribution in [1.29, 1.82) is 0 Å². The van der Waals surface area contributed by atoms with Crippen LogP contribution in [0.4, 0.5) is 0 Å². The molecule has 0 heterocycles. The lowest BCUT2D eigenvalue weighted by Gasteiger charge is -2.07. The van der Waals surface area contributed by atoms with Gasteiger partial charge >= 0.3 is 0 Å². The Morgan fingerprint density at radius 3 is 1.87 bits per heavy atom. The van der Waals surface area contributed by atoms with E-state index in [1.165, 1.54) is 82.4 Å². The fourth-order valence-electron chi connectivity index (χ4n) is 2.71. The Morgan fingerprint density at radius 1 is 0.733 bits per heavy atom. The number of hydrogen-bond donors (Lipinski definition) is 0. The van der Waals surface area contributed by atoms with Crippen molar-refractivity contribution in [2.75, 3.05) is 5.33 Å². The van der Waals surface area contributed by atoms with Crippen molar-refractivity contribution in [3.8, 4) is 0 Å². The molecule has 0 aromatic heterocycles. The van der Waals surface area contributed by atoms with E-state index < -0.39 is 0 Å². The van der Waals surface area contributed by atoms with E-state index in [0.29, 0.717) is 0 Å². The summed E-state index contributed by atoms with van der Waals surface area (Å²) in [4.78, 5) is 0. The molecule has 0 amide bonds. The van der Waals surface area contributed by atoms with Gasteiger partial charge in [0.15, 0.2) is 0 Å². The van der Waals surface area contributed by atoms with Gasteiger partial charge in [-0.3, -0.25) is 0 Å². The fraction of sp³-hybridized carbons (Fsp3) is 1.00. The zero-order chi connectivity index (χ0) is 10.8. The van der Waals surface area contributed by atoms with Gasteiger partial charge in [-0.2, -0.15) is 0 Å².